The first-order valence-electron chi connectivity index (χ1n) is 10.4. The topological polar surface area (TPSA) is 63.1 Å². The second-order valence-electron chi connectivity index (χ2n) is 8.52. The molecule has 1 aromatic heterocycles. The van der Waals surface area contributed by atoms with Crippen LogP contribution in [0.5, 0.6) is 0 Å². The third-order valence-corrected chi connectivity index (χ3v) is 6.61. The van der Waals surface area contributed by atoms with Crippen LogP contribution in [0, 0.1) is 11.8 Å². The monoisotopic (exact) mass is 399 g/mol. The van der Waals surface area contributed by atoms with Gasteiger partial charge in [0.25, 0.3) is 0 Å². The summed E-state index contributed by atoms with van der Waals surface area (Å²) in [6.45, 7) is 1.25. The van der Waals surface area contributed by atoms with E-state index in [-0.39, 0.29) is 30.2 Å². The first kappa shape index (κ1) is 19.5. The van der Waals surface area contributed by atoms with Crippen LogP contribution >= 0.6 is 0 Å². The van der Waals surface area contributed by atoms with Gasteiger partial charge in [0.05, 0.1) is 0 Å². The number of aromatic nitrogens is 3. The largest absolute Gasteiger partial charge is 0.411 e. The van der Waals surface area contributed by atoms with Gasteiger partial charge in [-0.25, -0.2) is 4.68 Å². The molecule has 1 saturated heterocycles. The molecule has 28 heavy (non-hydrogen) atoms. The van der Waals surface area contributed by atoms with Gasteiger partial charge in [0.2, 0.25) is 11.9 Å². The zero-order valence-corrected chi connectivity index (χ0v) is 16.0. The molecule has 1 unspecified atom stereocenters. The second kappa shape index (κ2) is 7.91. The van der Waals surface area contributed by atoms with Crippen molar-refractivity contribution in [3.8, 4) is 0 Å². The average Bonchev–Trinajstić information content (AvgIpc) is 3.16. The zero-order chi connectivity index (χ0) is 19.7. The molecule has 1 amide bonds. The van der Waals surface area contributed by atoms with Crippen molar-refractivity contribution in [1.82, 2.24) is 19.7 Å². The maximum atomic E-state index is 13.5. The Morgan fingerprint density at radius 3 is 2.71 bits per heavy atom. The lowest BCUT2D eigenvalue weighted by atomic mass is 9.84. The van der Waals surface area contributed by atoms with E-state index in [4.69, 9.17) is 0 Å². The number of likely N-dealkylation sites (tertiary alicyclic amines) is 1. The lowest BCUT2D eigenvalue weighted by Crippen LogP contribution is -2.49. The minimum absolute atomic E-state index is 0.000596. The fourth-order valence-electron chi connectivity index (χ4n) is 5.06. The van der Waals surface area contributed by atoms with E-state index < -0.39 is 12.2 Å². The smallest absolute Gasteiger partial charge is 0.351 e. The molecule has 156 valence electrons. The van der Waals surface area contributed by atoms with Crippen LogP contribution < -0.4 is 5.32 Å². The molecule has 2 aliphatic heterocycles. The van der Waals surface area contributed by atoms with Gasteiger partial charge in [0, 0.05) is 25.6 Å². The molecule has 3 atom stereocenters. The first-order valence-corrected chi connectivity index (χ1v) is 10.4. The normalized spacial score (nSPS) is 29.2. The van der Waals surface area contributed by atoms with Crippen molar-refractivity contribution >= 4 is 11.9 Å². The quantitative estimate of drug-likeness (QED) is 0.840. The van der Waals surface area contributed by atoms with Crippen molar-refractivity contribution < 1.29 is 18.0 Å². The van der Waals surface area contributed by atoms with Crippen LogP contribution in [0.2, 0.25) is 0 Å². The van der Waals surface area contributed by atoms with Crippen molar-refractivity contribution in [2.24, 2.45) is 11.8 Å². The Morgan fingerprint density at radius 2 is 1.96 bits per heavy atom. The summed E-state index contributed by atoms with van der Waals surface area (Å²) in [5.41, 5.74) is 0. The van der Waals surface area contributed by atoms with Crippen molar-refractivity contribution in [1.29, 1.82) is 0 Å². The maximum absolute atomic E-state index is 13.5. The highest BCUT2D eigenvalue weighted by atomic mass is 19.4. The van der Waals surface area contributed by atoms with E-state index in [1.807, 2.05) is 4.90 Å². The molecule has 0 radical (unpaired) electrons. The Bertz CT molecular complexity index is 685. The lowest BCUT2D eigenvalue weighted by Gasteiger charge is -2.41. The Balaban J connectivity index is 1.41. The molecule has 0 bridgehead atoms. The average molecular weight is 399 g/mol. The van der Waals surface area contributed by atoms with E-state index in [1.54, 1.807) is 0 Å². The number of rotatable bonds is 3. The molecule has 1 aromatic rings. The van der Waals surface area contributed by atoms with E-state index in [1.165, 1.54) is 19.3 Å². The van der Waals surface area contributed by atoms with Gasteiger partial charge in [-0.15, -0.1) is 0 Å². The number of piperidine rings is 1. The van der Waals surface area contributed by atoms with Crippen LogP contribution in [0.25, 0.3) is 0 Å². The Morgan fingerprint density at radius 1 is 1.18 bits per heavy atom. The third-order valence-electron chi connectivity index (χ3n) is 6.61. The molecular weight excluding hydrogens is 371 g/mol. The molecule has 1 N–H and O–H groups in total. The number of alkyl halides is 3. The molecular formula is C19H28F3N5O. The fraction of sp³-hybridized carbons (Fsp3) is 0.842. The number of amides is 1. The van der Waals surface area contributed by atoms with E-state index in [0.29, 0.717) is 25.4 Å². The summed E-state index contributed by atoms with van der Waals surface area (Å²) < 4.78 is 41.5. The number of carbonyl (C=O) groups is 1. The molecule has 0 aromatic carbocycles. The summed E-state index contributed by atoms with van der Waals surface area (Å²) in [5, 5.41) is 6.89. The van der Waals surface area contributed by atoms with E-state index in [2.05, 4.69) is 15.4 Å². The number of fused-ring (bicyclic) bond motifs is 1. The number of hydrogen-bond acceptors (Lipinski definition) is 4. The SMILES string of the molecule is O=C(CC1CCCCC1)N1CCCC([C@@H]2C[C@H](C(F)(F)F)n3ncnc3N2)C1. The number of nitrogens with one attached hydrogen (secondary N) is 1. The van der Waals surface area contributed by atoms with Crippen molar-refractivity contribution in [2.75, 3.05) is 18.4 Å². The minimum Gasteiger partial charge on any atom is -0.351 e. The number of halogens is 3. The summed E-state index contributed by atoms with van der Waals surface area (Å²) in [6, 6.07) is -2.02. The van der Waals surface area contributed by atoms with Gasteiger partial charge >= 0.3 is 6.18 Å². The van der Waals surface area contributed by atoms with Crippen LogP contribution in [-0.2, 0) is 4.79 Å². The predicted octanol–water partition coefficient (Wildman–Crippen LogP) is 3.77. The highest BCUT2D eigenvalue weighted by Crippen LogP contribution is 2.41. The third kappa shape index (κ3) is 4.12. The standard InChI is InChI=1S/C19H28F3N5O/c20-19(21,22)16-10-15(25-18-23-12-24-27(16)18)14-7-4-8-26(11-14)17(28)9-13-5-2-1-3-6-13/h12-16H,1-11H2,(H,23,24,25)/t14?,15-,16+/m0/s1. The number of nitrogens with zero attached hydrogens (tertiary/aromatic N) is 4. The van der Waals surface area contributed by atoms with Crippen molar-refractivity contribution in [3.05, 3.63) is 6.33 Å². The highest BCUT2D eigenvalue weighted by Gasteiger charge is 2.48. The minimum atomic E-state index is -4.37. The van der Waals surface area contributed by atoms with Crippen molar-refractivity contribution in [2.45, 2.75) is 76.0 Å². The molecule has 0 spiro atoms. The number of carbonyl (C=O) groups excluding carboxylic acids is 1. The Hall–Kier alpha value is -1.80. The molecule has 9 heteroatoms. The summed E-state index contributed by atoms with van der Waals surface area (Å²) in [6.07, 6.45) is 4.86. The zero-order valence-electron chi connectivity index (χ0n) is 16.0. The second-order valence-corrected chi connectivity index (χ2v) is 8.52. The number of anilines is 1. The summed E-state index contributed by atoms with van der Waals surface area (Å²) in [7, 11) is 0. The van der Waals surface area contributed by atoms with Gasteiger partial charge in [-0.2, -0.15) is 23.3 Å². The molecule has 1 aliphatic carbocycles. The van der Waals surface area contributed by atoms with Gasteiger partial charge in [0.1, 0.15) is 6.33 Å². The van der Waals surface area contributed by atoms with E-state index in [9.17, 15) is 18.0 Å². The number of hydrogen-bond donors (Lipinski definition) is 1. The maximum Gasteiger partial charge on any atom is 0.411 e. The van der Waals surface area contributed by atoms with Gasteiger partial charge < -0.3 is 10.2 Å². The van der Waals surface area contributed by atoms with Crippen LogP contribution in [0.1, 0.15) is 63.8 Å². The van der Waals surface area contributed by atoms with Gasteiger partial charge in [-0.3, -0.25) is 4.79 Å². The molecule has 3 heterocycles. The van der Waals surface area contributed by atoms with Crippen LogP contribution in [-0.4, -0.2) is 50.9 Å². The van der Waals surface area contributed by atoms with Gasteiger partial charge in [-0.05, 0) is 43.9 Å². The Kier molecular flexibility index (Phi) is 5.51. The van der Waals surface area contributed by atoms with Crippen LogP contribution in [0.15, 0.2) is 6.33 Å². The van der Waals surface area contributed by atoms with Gasteiger partial charge in [-0.1, -0.05) is 19.3 Å². The van der Waals surface area contributed by atoms with Gasteiger partial charge in [0.15, 0.2) is 6.04 Å². The molecule has 1 saturated carbocycles. The summed E-state index contributed by atoms with van der Waals surface area (Å²) in [5.74, 6) is 0.814. The van der Waals surface area contributed by atoms with Crippen molar-refractivity contribution in [3.63, 3.8) is 0 Å². The lowest BCUT2D eigenvalue weighted by molar-refractivity contribution is -0.175. The van der Waals surface area contributed by atoms with E-state index in [0.717, 1.165) is 36.7 Å². The molecule has 6 nitrogen and oxygen atoms in total. The highest BCUT2D eigenvalue weighted by molar-refractivity contribution is 5.76. The molecule has 3 aliphatic rings. The van der Waals surface area contributed by atoms with Crippen LogP contribution in [0.3, 0.4) is 0 Å². The predicted molar refractivity (Wildman–Crippen MR) is 97.6 cm³/mol. The van der Waals surface area contributed by atoms with E-state index >= 15 is 0 Å². The molecule has 4 rings (SSSR count). The fourth-order valence-corrected chi connectivity index (χ4v) is 5.06. The molecule has 2 fully saturated rings. The summed E-state index contributed by atoms with van der Waals surface area (Å²) >= 11 is 0. The first-order chi connectivity index (χ1) is 13.4. The summed E-state index contributed by atoms with van der Waals surface area (Å²) in [4.78, 5) is 18.6. The van der Waals surface area contributed by atoms with Crippen LogP contribution in [0.4, 0.5) is 19.1 Å². The Labute approximate surface area is 162 Å².